The van der Waals surface area contributed by atoms with Gasteiger partial charge in [0.2, 0.25) is 0 Å². The van der Waals surface area contributed by atoms with E-state index in [-0.39, 0.29) is 0 Å². The van der Waals surface area contributed by atoms with Gasteiger partial charge in [-0.3, -0.25) is 4.90 Å². The van der Waals surface area contributed by atoms with Gasteiger partial charge in [0.15, 0.2) is 0 Å². The summed E-state index contributed by atoms with van der Waals surface area (Å²) in [5.41, 5.74) is 8.14. The van der Waals surface area contributed by atoms with E-state index in [0.717, 1.165) is 31.9 Å². The minimum atomic E-state index is 0.583. The Bertz CT molecular complexity index is 408. The molecule has 1 aromatic carbocycles. The molecular weight excluding hydrogens is 238 g/mol. The Kier molecular flexibility index (Phi) is 5.19. The monoisotopic (exact) mass is 263 g/mol. The smallest absolute Gasteiger partial charge is 0.123 e. The SMILES string of the molecule is COc1ccc(CN)cc1CN1CCCN(C)CC1. The van der Waals surface area contributed by atoms with Crippen molar-refractivity contribution in [3.8, 4) is 5.75 Å². The molecule has 0 aliphatic carbocycles. The van der Waals surface area contributed by atoms with Gasteiger partial charge in [0.1, 0.15) is 5.75 Å². The molecule has 4 heteroatoms. The van der Waals surface area contributed by atoms with Crippen molar-refractivity contribution in [1.29, 1.82) is 0 Å². The largest absolute Gasteiger partial charge is 0.496 e. The Hall–Kier alpha value is -1.10. The number of ether oxygens (including phenoxy) is 1. The fourth-order valence-electron chi connectivity index (χ4n) is 2.58. The van der Waals surface area contributed by atoms with Crippen molar-refractivity contribution >= 4 is 0 Å². The second-order valence-corrected chi connectivity index (χ2v) is 5.28. The second kappa shape index (κ2) is 6.89. The Balaban J connectivity index is 2.08. The highest BCUT2D eigenvalue weighted by atomic mass is 16.5. The number of methoxy groups -OCH3 is 1. The Morgan fingerprint density at radius 2 is 2.05 bits per heavy atom. The summed E-state index contributed by atoms with van der Waals surface area (Å²) in [6, 6.07) is 6.24. The molecule has 0 unspecified atom stereocenters. The van der Waals surface area contributed by atoms with Crippen LogP contribution in [0, 0.1) is 0 Å². The van der Waals surface area contributed by atoms with E-state index < -0.39 is 0 Å². The van der Waals surface area contributed by atoms with Crippen LogP contribution in [0.1, 0.15) is 17.5 Å². The first-order valence-corrected chi connectivity index (χ1v) is 6.99. The van der Waals surface area contributed by atoms with E-state index in [9.17, 15) is 0 Å². The maximum Gasteiger partial charge on any atom is 0.123 e. The predicted octanol–water partition coefficient (Wildman–Crippen LogP) is 1.29. The zero-order chi connectivity index (χ0) is 13.7. The van der Waals surface area contributed by atoms with Crippen molar-refractivity contribution in [2.45, 2.75) is 19.5 Å². The van der Waals surface area contributed by atoms with Gasteiger partial charge in [0.25, 0.3) is 0 Å². The first-order valence-electron chi connectivity index (χ1n) is 6.99. The number of hydrogen-bond donors (Lipinski definition) is 1. The average molecular weight is 263 g/mol. The number of hydrogen-bond acceptors (Lipinski definition) is 4. The van der Waals surface area contributed by atoms with Gasteiger partial charge in [0, 0.05) is 31.7 Å². The molecule has 1 fully saturated rings. The fourth-order valence-corrected chi connectivity index (χ4v) is 2.58. The lowest BCUT2D eigenvalue weighted by atomic mass is 10.1. The lowest BCUT2D eigenvalue weighted by Crippen LogP contribution is -2.28. The summed E-state index contributed by atoms with van der Waals surface area (Å²) in [4.78, 5) is 4.90. The van der Waals surface area contributed by atoms with Crippen LogP contribution in [-0.4, -0.2) is 50.1 Å². The summed E-state index contributed by atoms with van der Waals surface area (Å²) in [7, 11) is 3.93. The molecule has 106 valence electrons. The topological polar surface area (TPSA) is 41.7 Å². The molecule has 2 rings (SSSR count). The third-order valence-electron chi connectivity index (χ3n) is 3.79. The van der Waals surface area contributed by atoms with Gasteiger partial charge in [0.05, 0.1) is 7.11 Å². The van der Waals surface area contributed by atoms with E-state index in [2.05, 4.69) is 22.9 Å². The van der Waals surface area contributed by atoms with Gasteiger partial charge in [-0.2, -0.15) is 0 Å². The van der Waals surface area contributed by atoms with Crippen molar-refractivity contribution in [2.75, 3.05) is 40.3 Å². The maximum absolute atomic E-state index is 5.73. The molecule has 0 bridgehead atoms. The molecule has 19 heavy (non-hydrogen) atoms. The van der Waals surface area contributed by atoms with Gasteiger partial charge in [-0.25, -0.2) is 0 Å². The molecule has 1 aliphatic heterocycles. The molecule has 1 heterocycles. The van der Waals surface area contributed by atoms with Crippen LogP contribution < -0.4 is 10.5 Å². The molecule has 0 spiro atoms. The maximum atomic E-state index is 5.73. The molecule has 4 nitrogen and oxygen atoms in total. The van der Waals surface area contributed by atoms with E-state index in [0.29, 0.717) is 6.54 Å². The van der Waals surface area contributed by atoms with E-state index in [4.69, 9.17) is 10.5 Å². The van der Waals surface area contributed by atoms with Crippen molar-refractivity contribution in [1.82, 2.24) is 9.80 Å². The van der Waals surface area contributed by atoms with Crippen molar-refractivity contribution in [2.24, 2.45) is 5.73 Å². The highest BCUT2D eigenvalue weighted by molar-refractivity contribution is 5.37. The number of nitrogens with two attached hydrogens (primary N) is 1. The van der Waals surface area contributed by atoms with Crippen molar-refractivity contribution in [3.63, 3.8) is 0 Å². The fraction of sp³-hybridized carbons (Fsp3) is 0.600. The molecule has 1 aliphatic rings. The van der Waals surface area contributed by atoms with Crippen molar-refractivity contribution in [3.05, 3.63) is 29.3 Å². The third-order valence-corrected chi connectivity index (χ3v) is 3.79. The van der Waals surface area contributed by atoms with Crippen molar-refractivity contribution < 1.29 is 4.74 Å². The zero-order valence-electron chi connectivity index (χ0n) is 12.1. The molecule has 0 aromatic heterocycles. The Morgan fingerprint density at radius 1 is 1.21 bits per heavy atom. The minimum Gasteiger partial charge on any atom is -0.496 e. The predicted molar refractivity (Wildman–Crippen MR) is 78.3 cm³/mol. The molecule has 1 aromatic rings. The normalized spacial score (nSPS) is 18.3. The molecule has 1 saturated heterocycles. The van der Waals surface area contributed by atoms with E-state index in [1.807, 2.05) is 12.1 Å². The molecule has 0 radical (unpaired) electrons. The first-order chi connectivity index (χ1) is 9.22. The van der Waals surface area contributed by atoms with Crippen LogP contribution in [0.15, 0.2) is 18.2 Å². The molecule has 0 saturated carbocycles. The van der Waals surface area contributed by atoms with Gasteiger partial charge >= 0.3 is 0 Å². The average Bonchev–Trinajstić information content (AvgIpc) is 2.63. The van der Waals surface area contributed by atoms with Gasteiger partial charge in [-0.05, 0) is 44.3 Å². The van der Waals surface area contributed by atoms with Gasteiger partial charge < -0.3 is 15.4 Å². The van der Waals surface area contributed by atoms with Crippen LogP contribution in [0.2, 0.25) is 0 Å². The van der Waals surface area contributed by atoms with Crippen LogP contribution in [0.25, 0.3) is 0 Å². The first kappa shape index (κ1) is 14.3. The summed E-state index contributed by atoms with van der Waals surface area (Å²) >= 11 is 0. The summed E-state index contributed by atoms with van der Waals surface area (Å²) in [5, 5.41) is 0. The van der Waals surface area contributed by atoms with Crippen LogP contribution in [0.4, 0.5) is 0 Å². The van der Waals surface area contributed by atoms with Crippen LogP contribution >= 0.6 is 0 Å². The van der Waals surface area contributed by atoms with Crippen LogP contribution in [0.5, 0.6) is 5.75 Å². The summed E-state index contributed by atoms with van der Waals surface area (Å²) < 4.78 is 5.46. The Morgan fingerprint density at radius 3 is 2.79 bits per heavy atom. The number of nitrogens with zero attached hydrogens (tertiary/aromatic N) is 2. The quantitative estimate of drug-likeness (QED) is 0.889. The molecular formula is C15H25N3O. The Labute approximate surface area is 116 Å². The second-order valence-electron chi connectivity index (χ2n) is 5.28. The summed E-state index contributed by atoms with van der Waals surface area (Å²) in [6.07, 6.45) is 1.23. The third kappa shape index (κ3) is 3.93. The minimum absolute atomic E-state index is 0.583. The lowest BCUT2D eigenvalue weighted by molar-refractivity contribution is 0.265. The number of likely N-dealkylation sites (N-methyl/N-ethyl adjacent to an activating group) is 1. The standard InChI is InChI=1S/C15H25N3O/c1-17-6-3-7-18(9-8-17)12-14-10-13(11-16)4-5-15(14)19-2/h4-5,10H,3,6-9,11-12,16H2,1-2H3. The highest BCUT2D eigenvalue weighted by Crippen LogP contribution is 2.22. The summed E-state index contributed by atoms with van der Waals surface area (Å²) in [6.45, 7) is 6.13. The highest BCUT2D eigenvalue weighted by Gasteiger charge is 2.14. The van der Waals surface area contributed by atoms with E-state index in [1.54, 1.807) is 7.11 Å². The molecule has 0 atom stereocenters. The summed E-state index contributed by atoms with van der Waals surface area (Å²) in [5.74, 6) is 0.967. The van der Waals surface area contributed by atoms with Crippen LogP contribution in [-0.2, 0) is 13.1 Å². The molecule has 0 amide bonds. The number of benzene rings is 1. The van der Waals surface area contributed by atoms with Gasteiger partial charge in [-0.15, -0.1) is 0 Å². The van der Waals surface area contributed by atoms with Crippen LogP contribution in [0.3, 0.4) is 0 Å². The zero-order valence-corrected chi connectivity index (χ0v) is 12.1. The van der Waals surface area contributed by atoms with Gasteiger partial charge in [-0.1, -0.05) is 6.07 Å². The van der Waals surface area contributed by atoms with E-state index >= 15 is 0 Å². The molecule has 2 N–H and O–H groups in total. The van der Waals surface area contributed by atoms with E-state index in [1.165, 1.54) is 24.1 Å². The lowest BCUT2D eigenvalue weighted by Gasteiger charge is -2.21. The number of rotatable bonds is 4.